The van der Waals surface area contributed by atoms with Gasteiger partial charge in [0.1, 0.15) is 0 Å². The molecule has 0 radical (unpaired) electrons. The Bertz CT molecular complexity index is 211. The molecule has 2 rings (SSSR count). The molecular formula is C16H32N2. The van der Waals surface area contributed by atoms with Crippen LogP contribution in [0.4, 0.5) is 0 Å². The lowest BCUT2D eigenvalue weighted by Gasteiger charge is -2.21. The fourth-order valence-electron chi connectivity index (χ4n) is 3.61. The minimum atomic E-state index is 0.985. The largest absolute Gasteiger partial charge is 0.315 e. The molecule has 0 spiro atoms. The zero-order valence-corrected chi connectivity index (χ0v) is 12.3. The molecule has 0 aromatic carbocycles. The van der Waals surface area contributed by atoms with Crippen LogP contribution >= 0.6 is 0 Å². The molecule has 2 heteroatoms. The van der Waals surface area contributed by atoms with Gasteiger partial charge in [0, 0.05) is 13.1 Å². The second-order valence-electron chi connectivity index (χ2n) is 6.40. The monoisotopic (exact) mass is 252 g/mol. The smallest absolute Gasteiger partial charge is 0.0107 e. The molecule has 1 N–H and O–H groups in total. The van der Waals surface area contributed by atoms with Gasteiger partial charge in [0.05, 0.1) is 0 Å². The Morgan fingerprint density at radius 2 is 1.72 bits per heavy atom. The molecule has 2 aliphatic rings. The minimum Gasteiger partial charge on any atom is -0.315 e. The van der Waals surface area contributed by atoms with Crippen molar-refractivity contribution >= 4 is 0 Å². The average molecular weight is 252 g/mol. The van der Waals surface area contributed by atoms with Crippen molar-refractivity contribution in [1.29, 1.82) is 0 Å². The summed E-state index contributed by atoms with van der Waals surface area (Å²) < 4.78 is 0. The zero-order chi connectivity index (χ0) is 12.6. The Morgan fingerprint density at radius 3 is 2.50 bits per heavy atom. The summed E-state index contributed by atoms with van der Waals surface area (Å²) in [6.45, 7) is 8.76. The molecule has 106 valence electrons. The molecule has 0 aromatic rings. The molecule has 0 bridgehead atoms. The van der Waals surface area contributed by atoms with Gasteiger partial charge in [-0.2, -0.15) is 0 Å². The predicted octanol–water partition coefficient (Wildman–Crippen LogP) is 3.28. The van der Waals surface area contributed by atoms with E-state index in [4.69, 9.17) is 0 Å². The van der Waals surface area contributed by atoms with Gasteiger partial charge < -0.3 is 10.2 Å². The lowest BCUT2D eigenvalue weighted by molar-refractivity contribution is 0.277. The number of likely N-dealkylation sites (tertiary alicyclic amines) is 1. The summed E-state index contributed by atoms with van der Waals surface area (Å²) in [4.78, 5) is 2.68. The van der Waals surface area contributed by atoms with Crippen molar-refractivity contribution in [3.63, 3.8) is 0 Å². The maximum absolute atomic E-state index is 3.68. The molecule has 1 heterocycles. The van der Waals surface area contributed by atoms with E-state index in [2.05, 4.69) is 17.1 Å². The molecule has 1 aliphatic heterocycles. The van der Waals surface area contributed by atoms with Crippen LogP contribution in [0, 0.1) is 11.8 Å². The first-order valence-corrected chi connectivity index (χ1v) is 8.31. The predicted molar refractivity (Wildman–Crippen MR) is 78.9 cm³/mol. The third-order valence-electron chi connectivity index (χ3n) is 5.03. The third-order valence-corrected chi connectivity index (χ3v) is 5.03. The van der Waals surface area contributed by atoms with Gasteiger partial charge in [-0.15, -0.1) is 0 Å². The summed E-state index contributed by atoms with van der Waals surface area (Å²) >= 11 is 0. The quantitative estimate of drug-likeness (QED) is 0.730. The van der Waals surface area contributed by atoms with Crippen LogP contribution in [0.5, 0.6) is 0 Å². The highest BCUT2D eigenvalue weighted by Crippen LogP contribution is 2.23. The van der Waals surface area contributed by atoms with E-state index in [1.54, 1.807) is 0 Å². The van der Waals surface area contributed by atoms with Crippen molar-refractivity contribution in [3.8, 4) is 0 Å². The first-order chi connectivity index (χ1) is 8.88. The second-order valence-corrected chi connectivity index (χ2v) is 6.40. The van der Waals surface area contributed by atoms with Crippen LogP contribution in [0.15, 0.2) is 0 Å². The van der Waals surface area contributed by atoms with E-state index in [1.807, 2.05) is 0 Å². The number of rotatable bonds is 6. The van der Waals surface area contributed by atoms with Crippen LogP contribution in [-0.2, 0) is 0 Å². The van der Waals surface area contributed by atoms with Crippen molar-refractivity contribution in [1.82, 2.24) is 10.2 Å². The molecular weight excluding hydrogens is 220 g/mol. The Morgan fingerprint density at radius 1 is 0.944 bits per heavy atom. The lowest BCUT2D eigenvalue weighted by Crippen LogP contribution is -2.34. The first kappa shape index (κ1) is 14.3. The van der Waals surface area contributed by atoms with Crippen LogP contribution in [0.2, 0.25) is 0 Å². The number of nitrogens with zero attached hydrogens (tertiary/aromatic N) is 1. The summed E-state index contributed by atoms with van der Waals surface area (Å²) in [6.07, 6.45) is 11.6. The minimum absolute atomic E-state index is 0.985. The van der Waals surface area contributed by atoms with Crippen molar-refractivity contribution in [2.45, 2.75) is 58.3 Å². The fraction of sp³-hybridized carbons (Fsp3) is 1.00. The maximum atomic E-state index is 3.68. The zero-order valence-electron chi connectivity index (χ0n) is 12.3. The van der Waals surface area contributed by atoms with Gasteiger partial charge >= 0.3 is 0 Å². The van der Waals surface area contributed by atoms with E-state index in [-0.39, 0.29) is 0 Å². The van der Waals surface area contributed by atoms with Gasteiger partial charge in [-0.05, 0) is 63.6 Å². The molecule has 1 unspecified atom stereocenters. The summed E-state index contributed by atoms with van der Waals surface area (Å²) in [5, 5.41) is 3.68. The molecule has 0 aromatic heterocycles. The van der Waals surface area contributed by atoms with Crippen LogP contribution in [0.1, 0.15) is 58.3 Å². The molecule has 1 saturated heterocycles. The maximum Gasteiger partial charge on any atom is 0.0107 e. The summed E-state index contributed by atoms with van der Waals surface area (Å²) in [6, 6.07) is 0. The van der Waals surface area contributed by atoms with Crippen LogP contribution < -0.4 is 5.32 Å². The van der Waals surface area contributed by atoms with Crippen molar-refractivity contribution in [3.05, 3.63) is 0 Å². The standard InChI is InChI=1S/C16H32N2/c1-2-15-8-5-11-18(12-9-15)13-10-17-14-16-6-3-4-7-16/h15-17H,2-14H2,1H3. The highest BCUT2D eigenvalue weighted by Gasteiger charge is 2.16. The fourth-order valence-corrected chi connectivity index (χ4v) is 3.61. The van der Waals surface area contributed by atoms with Crippen molar-refractivity contribution in [2.24, 2.45) is 11.8 Å². The van der Waals surface area contributed by atoms with Crippen LogP contribution in [0.25, 0.3) is 0 Å². The van der Waals surface area contributed by atoms with Crippen LogP contribution in [-0.4, -0.2) is 37.6 Å². The number of nitrogens with one attached hydrogen (secondary N) is 1. The van der Waals surface area contributed by atoms with Gasteiger partial charge in [0.15, 0.2) is 0 Å². The number of hydrogen-bond acceptors (Lipinski definition) is 2. The first-order valence-electron chi connectivity index (χ1n) is 8.31. The SMILES string of the molecule is CCC1CCCN(CCNCC2CCCC2)CC1. The summed E-state index contributed by atoms with van der Waals surface area (Å²) in [5.41, 5.74) is 0. The highest BCUT2D eigenvalue weighted by molar-refractivity contribution is 4.72. The summed E-state index contributed by atoms with van der Waals surface area (Å²) in [7, 11) is 0. The Hall–Kier alpha value is -0.0800. The molecule has 0 amide bonds. The van der Waals surface area contributed by atoms with E-state index in [0.717, 1.165) is 11.8 Å². The van der Waals surface area contributed by atoms with E-state index in [0.29, 0.717) is 0 Å². The molecule has 1 saturated carbocycles. The molecule has 18 heavy (non-hydrogen) atoms. The number of hydrogen-bond donors (Lipinski definition) is 1. The molecule has 2 nitrogen and oxygen atoms in total. The third kappa shape index (κ3) is 4.89. The molecule has 2 fully saturated rings. The van der Waals surface area contributed by atoms with Gasteiger partial charge in [0.2, 0.25) is 0 Å². The van der Waals surface area contributed by atoms with E-state index in [1.165, 1.54) is 84.1 Å². The van der Waals surface area contributed by atoms with Gasteiger partial charge in [-0.25, -0.2) is 0 Å². The normalized spacial score (nSPS) is 27.5. The average Bonchev–Trinajstić information content (AvgIpc) is 2.80. The Kier molecular flexibility index (Phi) is 6.50. The topological polar surface area (TPSA) is 15.3 Å². The van der Waals surface area contributed by atoms with E-state index in [9.17, 15) is 0 Å². The lowest BCUT2D eigenvalue weighted by atomic mass is 9.98. The van der Waals surface area contributed by atoms with Crippen molar-refractivity contribution < 1.29 is 0 Å². The van der Waals surface area contributed by atoms with Gasteiger partial charge in [-0.1, -0.05) is 26.2 Å². The molecule has 1 atom stereocenters. The van der Waals surface area contributed by atoms with E-state index < -0.39 is 0 Å². The molecule has 1 aliphatic carbocycles. The van der Waals surface area contributed by atoms with Gasteiger partial charge in [-0.3, -0.25) is 0 Å². The Balaban J connectivity index is 1.53. The van der Waals surface area contributed by atoms with Gasteiger partial charge in [0.25, 0.3) is 0 Å². The highest BCUT2D eigenvalue weighted by atomic mass is 15.1. The van der Waals surface area contributed by atoms with Crippen molar-refractivity contribution in [2.75, 3.05) is 32.7 Å². The summed E-state index contributed by atoms with van der Waals surface area (Å²) in [5.74, 6) is 1.99. The Labute approximate surface area is 114 Å². The van der Waals surface area contributed by atoms with Crippen LogP contribution in [0.3, 0.4) is 0 Å². The second kappa shape index (κ2) is 8.16. The van der Waals surface area contributed by atoms with E-state index >= 15 is 0 Å².